The Morgan fingerprint density at radius 1 is 1.11 bits per heavy atom. The number of unbranched alkanes of at least 4 members (excludes halogenated alkanes) is 6. The van der Waals surface area contributed by atoms with E-state index in [-0.39, 0.29) is 30.8 Å². The zero-order valence-corrected chi connectivity index (χ0v) is 18.3. The van der Waals surface area contributed by atoms with Gasteiger partial charge in [0, 0.05) is 16.5 Å². The van der Waals surface area contributed by atoms with Gasteiger partial charge in [-0.25, -0.2) is 0 Å². The number of nitrogens with one attached hydrogen (secondary N) is 1. The number of methoxy groups -OCH3 is 1. The van der Waals surface area contributed by atoms with Gasteiger partial charge in [0.25, 0.3) is 5.91 Å². The van der Waals surface area contributed by atoms with Crippen molar-refractivity contribution < 1.29 is 24.2 Å². The molecule has 0 aromatic heterocycles. The summed E-state index contributed by atoms with van der Waals surface area (Å²) in [5.41, 5.74) is 0.813. The summed E-state index contributed by atoms with van der Waals surface area (Å²) in [5, 5.41) is 12.4. The molecule has 1 amide bonds. The molecule has 0 saturated carbocycles. The van der Waals surface area contributed by atoms with Crippen molar-refractivity contribution in [2.24, 2.45) is 0 Å². The van der Waals surface area contributed by atoms with Crippen LogP contribution in [0, 0.1) is 3.57 Å². The average Bonchev–Trinajstić information content (AvgIpc) is 2.65. The summed E-state index contributed by atoms with van der Waals surface area (Å²) < 4.78 is 10.9. The first-order valence-electron chi connectivity index (χ1n) is 9.45. The van der Waals surface area contributed by atoms with Gasteiger partial charge in [0.05, 0.1) is 7.11 Å². The van der Waals surface area contributed by atoms with Gasteiger partial charge in [-0.05, 0) is 46.7 Å². The van der Waals surface area contributed by atoms with E-state index in [4.69, 9.17) is 9.47 Å². The minimum absolute atomic E-state index is 0.0521. The number of benzene rings is 1. The monoisotopic (exact) mass is 491 g/mol. The third kappa shape index (κ3) is 9.83. The lowest BCUT2D eigenvalue weighted by molar-refractivity contribution is -0.148. The fourth-order valence-electron chi connectivity index (χ4n) is 2.57. The molecule has 0 bridgehead atoms. The summed E-state index contributed by atoms with van der Waals surface area (Å²) >= 11 is 2.07. The van der Waals surface area contributed by atoms with Crippen LogP contribution in [0.2, 0.25) is 0 Å². The number of ether oxygens (including phenoxy) is 2. The van der Waals surface area contributed by atoms with Crippen molar-refractivity contribution in [2.45, 2.75) is 64.8 Å². The van der Waals surface area contributed by atoms with Gasteiger partial charge < -0.3 is 19.9 Å². The minimum atomic E-state index is -0.356. The predicted molar refractivity (Wildman–Crippen MR) is 113 cm³/mol. The lowest BCUT2D eigenvalue weighted by Gasteiger charge is -2.11. The Morgan fingerprint density at radius 2 is 1.78 bits per heavy atom. The Hall–Kier alpha value is -1.51. The van der Waals surface area contributed by atoms with Gasteiger partial charge in [-0.3, -0.25) is 9.59 Å². The maximum atomic E-state index is 11.9. The number of phenolic OH excluding ortho intramolecular Hbond substituents is 1. The maximum absolute atomic E-state index is 11.9. The van der Waals surface area contributed by atoms with Gasteiger partial charge in [0.1, 0.15) is 0 Å². The van der Waals surface area contributed by atoms with Crippen molar-refractivity contribution in [1.29, 1.82) is 0 Å². The molecule has 0 fully saturated rings. The third-order valence-electron chi connectivity index (χ3n) is 4.17. The molecule has 0 aliphatic heterocycles. The van der Waals surface area contributed by atoms with Crippen molar-refractivity contribution in [2.75, 3.05) is 13.7 Å². The van der Waals surface area contributed by atoms with E-state index in [2.05, 4.69) is 34.8 Å². The number of esters is 1. The smallest absolute Gasteiger partial charge is 0.306 e. The second kappa shape index (κ2) is 13.6. The summed E-state index contributed by atoms with van der Waals surface area (Å²) in [6, 6.07) is 3.24. The average molecular weight is 491 g/mol. The zero-order chi connectivity index (χ0) is 20.1. The van der Waals surface area contributed by atoms with E-state index in [1.165, 1.54) is 32.8 Å². The number of hydrogen-bond donors (Lipinski definition) is 2. The highest BCUT2D eigenvalue weighted by atomic mass is 127. The molecule has 0 atom stereocenters. The summed E-state index contributed by atoms with van der Waals surface area (Å²) in [7, 11) is 1.47. The predicted octanol–water partition coefficient (Wildman–Crippen LogP) is 4.31. The van der Waals surface area contributed by atoms with Crippen molar-refractivity contribution >= 4 is 34.5 Å². The first-order valence-corrected chi connectivity index (χ1v) is 10.5. The summed E-state index contributed by atoms with van der Waals surface area (Å²) in [4.78, 5) is 23.5. The van der Waals surface area contributed by atoms with E-state index in [0.29, 0.717) is 12.2 Å². The number of phenols is 1. The fraction of sp³-hybridized carbons (Fsp3) is 0.600. The molecule has 0 heterocycles. The number of carbonyl (C=O) groups excluding carboxylic acids is 2. The molecule has 0 aliphatic carbocycles. The molecular weight excluding hydrogens is 461 g/mol. The van der Waals surface area contributed by atoms with E-state index in [1.54, 1.807) is 12.1 Å². The molecule has 0 aliphatic rings. The highest BCUT2D eigenvalue weighted by molar-refractivity contribution is 14.1. The second-order valence-electron chi connectivity index (χ2n) is 6.42. The van der Waals surface area contributed by atoms with Crippen LogP contribution in [0.3, 0.4) is 0 Å². The highest BCUT2D eigenvalue weighted by Gasteiger charge is 2.11. The number of aromatic hydroxyl groups is 1. The number of amides is 1. The van der Waals surface area contributed by atoms with Gasteiger partial charge in [0.2, 0.25) is 0 Å². The summed E-state index contributed by atoms with van der Waals surface area (Å²) in [5.74, 6) is -0.289. The Balaban J connectivity index is 2.21. The largest absolute Gasteiger partial charge is 0.504 e. The molecule has 0 radical (unpaired) electrons. The van der Waals surface area contributed by atoms with Gasteiger partial charge >= 0.3 is 5.97 Å². The Bertz CT molecular complexity index is 606. The molecule has 152 valence electrons. The molecule has 1 aromatic rings. The lowest BCUT2D eigenvalue weighted by Crippen LogP contribution is -2.28. The van der Waals surface area contributed by atoms with Crippen LogP contribution in [0.5, 0.6) is 11.5 Å². The topological polar surface area (TPSA) is 84.9 Å². The quantitative estimate of drug-likeness (QED) is 0.244. The molecular formula is C20H30INO5. The summed E-state index contributed by atoms with van der Waals surface area (Å²) in [6.07, 6.45) is 8.29. The number of carbonyl (C=O) groups is 2. The van der Waals surface area contributed by atoms with Crippen LogP contribution in [0.15, 0.2) is 12.1 Å². The molecule has 6 nitrogen and oxygen atoms in total. The Kier molecular flexibility index (Phi) is 11.9. The molecule has 0 unspecified atom stereocenters. The number of rotatable bonds is 13. The van der Waals surface area contributed by atoms with Crippen LogP contribution < -0.4 is 10.1 Å². The van der Waals surface area contributed by atoms with Crippen LogP contribution in [0.1, 0.15) is 63.9 Å². The van der Waals surface area contributed by atoms with Crippen molar-refractivity contribution in [3.05, 3.63) is 21.3 Å². The van der Waals surface area contributed by atoms with Crippen LogP contribution >= 0.6 is 22.6 Å². The molecule has 1 rings (SSSR count). The number of hydrogen-bond acceptors (Lipinski definition) is 5. The molecule has 0 spiro atoms. The second-order valence-corrected chi connectivity index (χ2v) is 7.59. The van der Waals surface area contributed by atoms with Crippen LogP contribution in [0.25, 0.3) is 0 Å². The first-order chi connectivity index (χ1) is 13.0. The van der Waals surface area contributed by atoms with Crippen LogP contribution in [-0.4, -0.2) is 30.7 Å². The van der Waals surface area contributed by atoms with E-state index in [0.717, 1.165) is 28.4 Å². The van der Waals surface area contributed by atoms with Crippen molar-refractivity contribution in [3.63, 3.8) is 0 Å². The standard InChI is InChI=1S/C20H30INO5/c1-3-4-5-6-7-8-9-10-20(25)27-14-19(24)22-13-15-11-18(26-2)17(23)12-16(15)21/h11-12,23H,3-10,13-14H2,1-2H3,(H,22,24). The van der Waals surface area contributed by atoms with E-state index in [1.807, 2.05) is 0 Å². The van der Waals surface area contributed by atoms with Gasteiger partial charge in [-0.1, -0.05) is 45.4 Å². The molecule has 27 heavy (non-hydrogen) atoms. The van der Waals surface area contributed by atoms with E-state index in [9.17, 15) is 14.7 Å². The fourth-order valence-corrected chi connectivity index (χ4v) is 3.21. The van der Waals surface area contributed by atoms with Crippen molar-refractivity contribution in [3.8, 4) is 11.5 Å². The zero-order valence-electron chi connectivity index (χ0n) is 16.2. The van der Waals surface area contributed by atoms with E-state index < -0.39 is 0 Å². The third-order valence-corrected chi connectivity index (χ3v) is 5.18. The highest BCUT2D eigenvalue weighted by Crippen LogP contribution is 2.30. The van der Waals surface area contributed by atoms with Gasteiger partial charge in [0.15, 0.2) is 18.1 Å². The molecule has 0 saturated heterocycles. The normalized spacial score (nSPS) is 10.5. The molecule has 2 N–H and O–H groups in total. The lowest BCUT2D eigenvalue weighted by atomic mass is 10.1. The SMILES string of the molecule is CCCCCCCCCC(=O)OCC(=O)NCc1cc(OC)c(O)cc1I. The minimum Gasteiger partial charge on any atom is -0.504 e. The van der Waals surface area contributed by atoms with Gasteiger partial charge in [-0.15, -0.1) is 0 Å². The Morgan fingerprint density at radius 3 is 2.44 bits per heavy atom. The molecule has 1 aromatic carbocycles. The van der Waals surface area contributed by atoms with Gasteiger partial charge in [-0.2, -0.15) is 0 Å². The van der Waals surface area contributed by atoms with Crippen LogP contribution in [-0.2, 0) is 20.9 Å². The Labute approximate surface area is 175 Å². The molecule has 7 heteroatoms. The van der Waals surface area contributed by atoms with Crippen LogP contribution in [0.4, 0.5) is 0 Å². The first kappa shape index (κ1) is 23.5. The number of halogens is 1. The maximum Gasteiger partial charge on any atom is 0.306 e. The summed E-state index contributed by atoms with van der Waals surface area (Å²) in [6.45, 7) is 2.18. The van der Waals surface area contributed by atoms with E-state index >= 15 is 0 Å². The van der Waals surface area contributed by atoms with Crippen molar-refractivity contribution in [1.82, 2.24) is 5.32 Å².